The van der Waals surface area contributed by atoms with Gasteiger partial charge in [0, 0.05) is 16.7 Å². The third-order valence-corrected chi connectivity index (χ3v) is 4.75. The van der Waals surface area contributed by atoms with Crippen LogP contribution in [0.25, 0.3) is 11.4 Å². The van der Waals surface area contributed by atoms with Crippen LogP contribution in [0.3, 0.4) is 0 Å². The molecule has 1 unspecified atom stereocenters. The van der Waals surface area contributed by atoms with Crippen LogP contribution in [0, 0.1) is 5.82 Å². The lowest BCUT2D eigenvalue weighted by Gasteiger charge is -2.10. The fourth-order valence-corrected chi connectivity index (χ4v) is 2.97. The standard InChI is InChI=1S/C24H19FN4O4/c1-14(24-28-22(29-33-24)16-2-8-18(25)9-3-16)27-23(31)17-6-12-20(13-7-17)32-19-10-4-15(5-11-19)21(26)30/h2-14H,1H3,(H2,26,30)(H,27,31). The summed E-state index contributed by atoms with van der Waals surface area (Å²) >= 11 is 0. The topological polar surface area (TPSA) is 120 Å². The van der Waals surface area contributed by atoms with Gasteiger partial charge in [-0.2, -0.15) is 4.98 Å². The number of ether oxygens (including phenoxy) is 1. The summed E-state index contributed by atoms with van der Waals surface area (Å²) < 4.78 is 24.0. The molecule has 4 aromatic rings. The lowest BCUT2D eigenvalue weighted by Crippen LogP contribution is -2.26. The van der Waals surface area contributed by atoms with Crippen molar-refractivity contribution in [1.29, 1.82) is 0 Å². The van der Waals surface area contributed by atoms with E-state index in [1.54, 1.807) is 67.6 Å². The van der Waals surface area contributed by atoms with Crippen molar-refractivity contribution in [1.82, 2.24) is 15.5 Å². The van der Waals surface area contributed by atoms with Gasteiger partial charge in [0.25, 0.3) is 5.91 Å². The molecule has 3 aromatic carbocycles. The zero-order valence-electron chi connectivity index (χ0n) is 17.5. The number of primary amides is 1. The molecule has 3 N–H and O–H groups in total. The Balaban J connectivity index is 1.37. The van der Waals surface area contributed by atoms with Crippen LogP contribution in [0.15, 0.2) is 77.3 Å². The lowest BCUT2D eigenvalue weighted by atomic mass is 10.2. The molecular weight excluding hydrogens is 427 g/mol. The van der Waals surface area contributed by atoms with Crippen molar-refractivity contribution in [2.45, 2.75) is 13.0 Å². The predicted molar refractivity (Wildman–Crippen MR) is 117 cm³/mol. The number of halogens is 1. The van der Waals surface area contributed by atoms with Crippen LogP contribution < -0.4 is 15.8 Å². The highest BCUT2D eigenvalue weighted by Gasteiger charge is 2.18. The van der Waals surface area contributed by atoms with Crippen molar-refractivity contribution in [2.24, 2.45) is 5.73 Å². The lowest BCUT2D eigenvalue weighted by molar-refractivity contribution is 0.0931. The molecule has 0 spiro atoms. The van der Waals surface area contributed by atoms with Crippen LogP contribution >= 0.6 is 0 Å². The highest BCUT2D eigenvalue weighted by Crippen LogP contribution is 2.23. The van der Waals surface area contributed by atoms with Crippen LogP contribution in [0.1, 0.15) is 39.6 Å². The molecule has 33 heavy (non-hydrogen) atoms. The second-order valence-electron chi connectivity index (χ2n) is 7.17. The third kappa shape index (κ3) is 5.21. The van der Waals surface area contributed by atoms with Crippen LogP contribution in [0.2, 0.25) is 0 Å². The second kappa shape index (κ2) is 9.31. The van der Waals surface area contributed by atoms with E-state index in [-0.39, 0.29) is 17.6 Å². The molecule has 1 atom stereocenters. The van der Waals surface area contributed by atoms with Crippen molar-refractivity contribution in [2.75, 3.05) is 0 Å². The summed E-state index contributed by atoms with van der Waals surface area (Å²) in [6.07, 6.45) is 0. The van der Waals surface area contributed by atoms with Gasteiger partial charge >= 0.3 is 0 Å². The highest BCUT2D eigenvalue weighted by molar-refractivity contribution is 5.94. The maximum atomic E-state index is 13.1. The molecule has 2 amide bonds. The average Bonchev–Trinajstić information content (AvgIpc) is 3.31. The Morgan fingerprint density at radius 3 is 2.09 bits per heavy atom. The van der Waals surface area contributed by atoms with Gasteiger partial charge in [0.15, 0.2) is 0 Å². The Labute approximate surface area is 188 Å². The largest absolute Gasteiger partial charge is 0.457 e. The number of nitrogens with one attached hydrogen (secondary N) is 1. The molecule has 0 saturated carbocycles. The molecular formula is C24H19FN4O4. The van der Waals surface area contributed by atoms with Crippen LogP contribution in [-0.4, -0.2) is 22.0 Å². The zero-order valence-corrected chi connectivity index (χ0v) is 17.5. The monoisotopic (exact) mass is 446 g/mol. The molecule has 0 radical (unpaired) electrons. The summed E-state index contributed by atoms with van der Waals surface area (Å²) in [6.45, 7) is 1.72. The maximum absolute atomic E-state index is 13.1. The van der Waals surface area contributed by atoms with E-state index >= 15 is 0 Å². The van der Waals surface area contributed by atoms with E-state index in [9.17, 15) is 14.0 Å². The minimum atomic E-state index is -0.543. The summed E-state index contributed by atoms with van der Waals surface area (Å²) in [6, 6.07) is 18.1. The van der Waals surface area contributed by atoms with Gasteiger partial charge in [-0.3, -0.25) is 9.59 Å². The van der Waals surface area contributed by atoms with Crippen molar-refractivity contribution in [3.8, 4) is 22.9 Å². The minimum absolute atomic E-state index is 0.224. The Bertz CT molecular complexity index is 1270. The molecule has 0 fully saturated rings. The van der Waals surface area contributed by atoms with Crippen molar-refractivity contribution in [3.05, 3.63) is 95.6 Å². The fourth-order valence-electron chi connectivity index (χ4n) is 2.97. The minimum Gasteiger partial charge on any atom is -0.457 e. The normalized spacial score (nSPS) is 11.6. The fraction of sp³-hybridized carbons (Fsp3) is 0.0833. The molecule has 0 bridgehead atoms. The van der Waals surface area contributed by atoms with Crippen LogP contribution in [-0.2, 0) is 0 Å². The van der Waals surface area contributed by atoms with E-state index in [1.807, 2.05) is 0 Å². The first kappa shape index (κ1) is 21.7. The van der Waals surface area contributed by atoms with E-state index in [4.69, 9.17) is 15.0 Å². The number of carbonyl (C=O) groups excluding carboxylic acids is 2. The molecule has 1 heterocycles. The third-order valence-electron chi connectivity index (χ3n) is 4.75. The van der Waals surface area contributed by atoms with E-state index in [0.29, 0.717) is 34.0 Å². The summed E-state index contributed by atoms with van der Waals surface area (Å²) in [7, 11) is 0. The van der Waals surface area contributed by atoms with Crippen molar-refractivity contribution in [3.63, 3.8) is 0 Å². The summed E-state index contributed by atoms with van der Waals surface area (Å²) in [5.74, 6) is 0.366. The Morgan fingerprint density at radius 1 is 0.939 bits per heavy atom. The summed E-state index contributed by atoms with van der Waals surface area (Å²) in [5, 5.41) is 6.67. The highest BCUT2D eigenvalue weighted by atomic mass is 19.1. The van der Waals surface area contributed by atoms with Gasteiger partial charge < -0.3 is 20.3 Å². The summed E-state index contributed by atoms with van der Waals surface area (Å²) in [4.78, 5) is 28.0. The maximum Gasteiger partial charge on any atom is 0.251 e. The van der Waals surface area contributed by atoms with Gasteiger partial charge in [0.1, 0.15) is 23.4 Å². The number of amides is 2. The van der Waals surface area contributed by atoms with Crippen molar-refractivity contribution < 1.29 is 23.2 Å². The van der Waals surface area contributed by atoms with Gasteiger partial charge in [-0.1, -0.05) is 5.16 Å². The van der Waals surface area contributed by atoms with E-state index in [0.717, 1.165) is 0 Å². The molecule has 0 saturated heterocycles. The molecule has 9 heteroatoms. The average molecular weight is 446 g/mol. The van der Waals surface area contributed by atoms with Gasteiger partial charge in [0.2, 0.25) is 17.6 Å². The molecule has 166 valence electrons. The predicted octanol–water partition coefficient (Wildman–Crippen LogP) is 4.26. The van der Waals surface area contributed by atoms with Gasteiger partial charge in [0.05, 0.1) is 0 Å². The molecule has 8 nitrogen and oxygen atoms in total. The molecule has 4 rings (SSSR count). The molecule has 0 aliphatic rings. The van der Waals surface area contributed by atoms with Gasteiger partial charge in [-0.25, -0.2) is 4.39 Å². The first-order valence-corrected chi connectivity index (χ1v) is 9.97. The van der Waals surface area contributed by atoms with Crippen LogP contribution in [0.5, 0.6) is 11.5 Å². The number of benzene rings is 3. The second-order valence-corrected chi connectivity index (χ2v) is 7.17. The number of hydrogen-bond acceptors (Lipinski definition) is 6. The number of hydrogen-bond donors (Lipinski definition) is 2. The van der Waals surface area contributed by atoms with Crippen molar-refractivity contribution >= 4 is 11.8 Å². The number of rotatable bonds is 7. The Morgan fingerprint density at radius 2 is 1.52 bits per heavy atom. The Hall–Kier alpha value is -4.53. The van der Waals surface area contributed by atoms with Gasteiger partial charge in [-0.15, -0.1) is 0 Å². The van der Waals surface area contributed by atoms with E-state index in [2.05, 4.69) is 15.5 Å². The van der Waals surface area contributed by atoms with Crippen LogP contribution in [0.4, 0.5) is 4.39 Å². The molecule has 0 aliphatic carbocycles. The summed E-state index contributed by atoms with van der Waals surface area (Å²) in [5.41, 5.74) is 6.62. The zero-order chi connectivity index (χ0) is 23.4. The number of aromatic nitrogens is 2. The molecule has 0 aliphatic heterocycles. The SMILES string of the molecule is CC(NC(=O)c1ccc(Oc2ccc(C(N)=O)cc2)cc1)c1nc(-c2ccc(F)cc2)no1. The Kier molecular flexibility index (Phi) is 6.12. The smallest absolute Gasteiger partial charge is 0.251 e. The number of nitrogens with two attached hydrogens (primary N) is 1. The number of carbonyl (C=O) groups is 2. The first-order valence-electron chi connectivity index (χ1n) is 9.97. The van der Waals surface area contributed by atoms with E-state index < -0.39 is 11.9 Å². The van der Waals surface area contributed by atoms with Gasteiger partial charge in [-0.05, 0) is 79.7 Å². The quantitative estimate of drug-likeness (QED) is 0.438. The molecule has 1 aromatic heterocycles. The number of nitrogens with zero attached hydrogens (tertiary/aromatic N) is 2. The van der Waals surface area contributed by atoms with E-state index in [1.165, 1.54) is 12.1 Å². The first-order chi connectivity index (χ1) is 15.9.